The third-order valence-electron chi connectivity index (χ3n) is 6.54. The molecule has 1 N–H and O–H groups in total. The zero-order valence-corrected chi connectivity index (χ0v) is 22.5. The highest BCUT2D eigenvalue weighted by molar-refractivity contribution is 6.31. The van der Waals surface area contributed by atoms with Crippen molar-refractivity contribution in [2.75, 3.05) is 32.6 Å². The Morgan fingerprint density at radius 1 is 1.05 bits per heavy atom. The Morgan fingerprint density at radius 2 is 1.85 bits per heavy atom. The number of amides is 1. The van der Waals surface area contributed by atoms with Crippen molar-refractivity contribution in [3.05, 3.63) is 77.6 Å². The summed E-state index contributed by atoms with van der Waals surface area (Å²) in [7, 11) is 3.20. The van der Waals surface area contributed by atoms with Gasteiger partial charge in [0.15, 0.2) is 17.2 Å². The van der Waals surface area contributed by atoms with Crippen molar-refractivity contribution in [2.24, 2.45) is 5.92 Å². The van der Waals surface area contributed by atoms with Gasteiger partial charge in [-0.3, -0.25) is 9.69 Å². The van der Waals surface area contributed by atoms with E-state index in [0.29, 0.717) is 52.8 Å². The quantitative estimate of drug-likeness (QED) is 0.270. The highest BCUT2D eigenvalue weighted by Crippen LogP contribution is 2.37. The number of likely N-dealkylation sites (tertiary alicyclic amines) is 1. The van der Waals surface area contributed by atoms with E-state index >= 15 is 0 Å². The number of hydrogen-bond acceptors (Lipinski definition) is 8. The first kappa shape index (κ1) is 26.5. The van der Waals surface area contributed by atoms with Gasteiger partial charge in [-0.05, 0) is 74.0 Å². The number of halogens is 1. The number of hydrogen-bond donors (Lipinski definition) is 1. The molecular formula is C29H29ClN4O5. The standard InChI is InChI=1S/C29H29ClN4O5/c1-36-22-12-9-19(10-13-22)28-32-27(39-33-28)18-34-15-5-6-20(17-34)29(35)31-23-16-21(30)11-14-24(23)38-26-8-4-3-7-25(26)37-2/h3-4,7-14,16,20H,5-6,15,17-18H2,1-2H3,(H,31,35). The smallest absolute Gasteiger partial charge is 0.241 e. The number of carbonyl (C=O) groups is 1. The Hall–Kier alpha value is -4.08. The van der Waals surface area contributed by atoms with Crippen LogP contribution in [0.15, 0.2) is 71.3 Å². The Kier molecular flexibility index (Phi) is 8.29. The lowest BCUT2D eigenvalue weighted by atomic mass is 9.97. The van der Waals surface area contributed by atoms with Crippen molar-refractivity contribution in [1.82, 2.24) is 15.0 Å². The molecule has 9 nitrogen and oxygen atoms in total. The van der Waals surface area contributed by atoms with Crippen molar-refractivity contribution in [2.45, 2.75) is 19.4 Å². The van der Waals surface area contributed by atoms with Gasteiger partial charge in [0, 0.05) is 17.1 Å². The summed E-state index contributed by atoms with van der Waals surface area (Å²) in [5.74, 6) is 3.06. The summed E-state index contributed by atoms with van der Waals surface area (Å²) < 4.78 is 22.2. The number of benzene rings is 3. The molecule has 1 saturated heterocycles. The summed E-state index contributed by atoms with van der Waals surface area (Å²) in [6.07, 6.45) is 1.64. The van der Waals surface area contributed by atoms with Crippen LogP contribution >= 0.6 is 11.6 Å². The Labute approximate surface area is 231 Å². The minimum atomic E-state index is -0.221. The van der Waals surface area contributed by atoms with Crippen LogP contribution in [0.4, 0.5) is 5.69 Å². The van der Waals surface area contributed by atoms with Crippen LogP contribution in [-0.4, -0.2) is 48.3 Å². The third kappa shape index (κ3) is 6.50. The molecule has 0 radical (unpaired) electrons. The molecule has 0 aliphatic carbocycles. The second kappa shape index (κ2) is 12.2. The van der Waals surface area contributed by atoms with Gasteiger partial charge in [-0.15, -0.1) is 0 Å². The molecule has 1 aliphatic rings. The number of nitrogens with one attached hydrogen (secondary N) is 1. The van der Waals surface area contributed by atoms with E-state index in [1.807, 2.05) is 42.5 Å². The van der Waals surface area contributed by atoms with E-state index in [-0.39, 0.29) is 11.8 Å². The molecule has 1 fully saturated rings. The Bertz CT molecular complexity index is 1430. The molecule has 5 rings (SSSR count). The van der Waals surface area contributed by atoms with Crippen LogP contribution in [-0.2, 0) is 11.3 Å². The van der Waals surface area contributed by atoms with Gasteiger partial charge < -0.3 is 24.1 Å². The molecule has 1 amide bonds. The molecule has 1 aromatic heterocycles. The summed E-state index contributed by atoms with van der Waals surface area (Å²) in [5.41, 5.74) is 1.34. The average molecular weight is 549 g/mol. The lowest BCUT2D eigenvalue weighted by Gasteiger charge is -2.31. The summed E-state index contributed by atoms with van der Waals surface area (Å²) in [4.78, 5) is 20.0. The van der Waals surface area contributed by atoms with Crippen molar-refractivity contribution in [1.29, 1.82) is 0 Å². The number of ether oxygens (including phenoxy) is 3. The predicted molar refractivity (Wildman–Crippen MR) is 147 cm³/mol. The van der Waals surface area contributed by atoms with E-state index in [9.17, 15) is 4.79 Å². The van der Waals surface area contributed by atoms with Crippen molar-refractivity contribution < 1.29 is 23.5 Å². The zero-order valence-electron chi connectivity index (χ0n) is 21.7. The van der Waals surface area contributed by atoms with Crippen LogP contribution in [0.25, 0.3) is 11.4 Å². The first-order valence-electron chi connectivity index (χ1n) is 12.6. The van der Waals surface area contributed by atoms with E-state index in [1.54, 1.807) is 38.5 Å². The molecule has 0 bridgehead atoms. The number of aromatic nitrogens is 2. The number of piperidine rings is 1. The molecule has 1 aliphatic heterocycles. The van der Waals surface area contributed by atoms with Crippen LogP contribution in [0.1, 0.15) is 18.7 Å². The van der Waals surface area contributed by atoms with E-state index in [2.05, 4.69) is 20.4 Å². The molecule has 202 valence electrons. The molecule has 2 heterocycles. The first-order chi connectivity index (χ1) is 19.0. The van der Waals surface area contributed by atoms with Crippen LogP contribution in [0.3, 0.4) is 0 Å². The summed E-state index contributed by atoms with van der Waals surface area (Å²) >= 11 is 6.25. The first-order valence-corrected chi connectivity index (χ1v) is 13.0. The number of rotatable bonds is 9. The van der Waals surface area contributed by atoms with Gasteiger partial charge in [0.05, 0.1) is 32.4 Å². The number of carbonyl (C=O) groups excluding carboxylic acids is 1. The minimum absolute atomic E-state index is 0.101. The predicted octanol–water partition coefficient (Wildman–Crippen LogP) is 6.05. The fourth-order valence-corrected chi connectivity index (χ4v) is 4.70. The molecule has 1 atom stereocenters. The van der Waals surface area contributed by atoms with E-state index in [1.165, 1.54) is 0 Å². The van der Waals surface area contributed by atoms with Gasteiger partial charge >= 0.3 is 0 Å². The fourth-order valence-electron chi connectivity index (χ4n) is 4.53. The van der Waals surface area contributed by atoms with E-state index < -0.39 is 0 Å². The maximum Gasteiger partial charge on any atom is 0.241 e. The van der Waals surface area contributed by atoms with Crippen LogP contribution in [0, 0.1) is 5.92 Å². The molecule has 0 saturated carbocycles. The van der Waals surface area contributed by atoms with E-state index in [0.717, 1.165) is 30.7 Å². The highest BCUT2D eigenvalue weighted by atomic mass is 35.5. The lowest BCUT2D eigenvalue weighted by molar-refractivity contribution is -0.121. The molecule has 0 spiro atoms. The molecule has 1 unspecified atom stereocenters. The summed E-state index contributed by atoms with van der Waals surface area (Å²) in [6.45, 7) is 1.87. The SMILES string of the molecule is COc1ccc(-c2noc(CN3CCCC(C(=O)Nc4cc(Cl)ccc4Oc4ccccc4OC)C3)n2)cc1. The number of para-hydroxylation sites is 2. The molecule has 39 heavy (non-hydrogen) atoms. The fraction of sp³-hybridized carbons (Fsp3) is 0.276. The zero-order chi connectivity index (χ0) is 27.2. The number of methoxy groups -OCH3 is 2. The average Bonchev–Trinajstić information content (AvgIpc) is 3.43. The largest absolute Gasteiger partial charge is 0.497 e. The molecule has 4 aromatic rings. The molecular weight excluding hydrogens is 520 g/mol. The Morgan fingerprint density at radius 3 is 2.62 bits per heavy atom. The summed E-state index contributed by atoms with van der Waals surface area (Å²) in [6, 6.07) is 19.9. The third-order valence-corrected chi connectivity index (χ3v) is 6.78. The van der Waals surface area contributed by atoms with Crippen LogP contribution in [0.2, 0.25) is 5.02 Å². The second-order valence-electron chi connectivity index (χ2n) is 9.20. The normalized spacial score (nSPS) is 15.5. The molecule has 3 aromatic carbocycles. The van der Waals surface area contributed by atoms with Crippen molar-refractivity contribution in [3.8, 4) is 34.4 Å². The van der Waals surface area contributed by atoms with Gasteiger partial charge in [-0.2, -0.15) is 4.98 Å². The molecule has 10 heteroatoms. The van der Waals surface area contributed by atoms with Gasteiger partial charge in [-0.25, -0.2) is 0 Å². The van der Waals surface area contributed by atoms with Gasteiger partial charge in [0.2, 0.25) is 17.6 Å². The van der Waals surface area contributed by atoms with Gasteiger partial charge in [0.1, 0.15) is 5.75 Å². The number of nitrogens with zero attached hydrogens (tertiary/aromatic N) is 3. The Balaban J connectivity index is 1.23. The summed E-state index contributed by atoms with van der Waals surface area (Å²) in [5, 5.41) is 7.63. The van der Waals surface area contributed by atoms with Gasteiger partial charge in [-0.1, -0.05) is 28.9 Å². The lowest BCUT2D eigenvalue weighted by Crippen LogP contribution is -2.40. The van der Waals surface area contributed by atoms with Crippen LogP contribution in [0.5, 0.6) is 23.0 Å². The van der Waals surface area contributed by atoms with Gasteiger partial charge in [0.25, 0.3) is 0 Å². The van der Waals surface area contributed by atoms with Crippen LogP contribution < -0.4 is 19.5 Å². The topological polar surface area (TPSA) is 99.0 Å². The van der Waals surface area contributed by atoms with Crippen molar-refractivity contribution in [3.63, 3.8) is 0 Å². The highest BCUT2D eigenvalue weighted by Gasteiger charge is 2.28. The monoisotopic (exact) mass is 548 g/mol. The van der Waals surface area contributed by atoms with E-state index in [4.69, 9.17) is 30.3 Å². The maximum atomic E-state index is 13.3. The maximum absolute atomic E-state index is 13.3. The van der Waals surface area contributed by atoms with Crippen molar-refractivity contribution >= 4 is 23.2 Å². The number of anilines is 1. The second-order valence-corrected chi connectivity index (χ2v) is 9.63. The minimum Gasteiger partial charge on any atom is -0.497 e.